The van der Waals surface area contributed by atoms with Crippen LogP contribution >= 0.6 is 0 Å². The van der Waals surface area contributed by atoms with Gasteiger partial charge in [-0.05, 0) is 24.5 Å². The van der Waals surface area contributed by atoms with Crippen LogP contribution in [0.25, 0.3) is 0 Å². The largest absolute Gasteiger partial charge is 0.447 e. The van der Waals surface area contributed by atoms with E-state index >= 15 is 0 Å². The van der Waals surface area contributed by atoms with Gasteiger partial charge in [0.2, 0.25) is 5.89 Å². The van der Waals surface area contributed by atoms with Crippen LogP contribution in [0.1, 0.15) is 48.6 Å². The standard InChI is InChI=1S/C26H39N5O3/c1-3-7-22(32)18-28-10-12-29(13-11-28)19-25-27-23(20-34-25)26(33)31-16-14-30(15-17-31)24-9-6-5-8-21(24)4-2/h5-6,8-9,20,22,32H,3-4,7,10-19H2,1-2H3. The minimum Gasteiger partial charge on any atom is -0.447 e. The number of aryl methyl sites for hydroxylation is 1. The molecular weight excluding hydrogens is 430 g/mol. The van der Waals surface area contributed by atoms with Gasteiger partial charge in [0.25, 0.3) is 5.91 Å². The lowest BCUT2D eigenvalue weighted by atomic mass is 10.1. The van der Waals surface area contributed by atoms with Gasteiger partial charge in [-0.3, -0.25) is 14.6 Å². The highest BCUT2D eigenvalue weighted by molar-refractivity contribution is 5.92. The van der Waals surface area contributed by atoms with Crippen LogP contribution in [0.2, 0.25) is 0 Å². The van der Waals surface area contributed by atoms with E-state index < -0.39 is 0 Å². The molecule has 186 valence electrons. The number of para-hydroxylation sites is 1. The highest BCUT2D eigenvalue weighted by Gasteiger charge is 2.26. The highest BCUT2D eigenvalue weighted by Crippen LogP contribution is 2.23. The maximum Gasteiger partial charge on any atom is 0.275 e. The lowest BCUT2D eigenvalue weighted by Gasteiger charge is -2.36. The minimum atomic E-state index is -0.236. The molecule has 1 amide bonds. The smallest absolute Gasteiger partial charge is 0.275 e. The van der Waals surface area contributed by atoms with Crippen LogP contribution in [-0.2, 0) is 13.0 Å². The zero-order chi connectivity index (χ0) is 23.9. The van der Waals surface area contributed by atoms with E-state index in [-0.39, 0.29) is 12.0 Å². The Morgan fingerprint density at radius 1 is 1.03 bits per heavy atom. The Morgan fingerprint density at radius 2 is 1.74 bits per heavy atom. The number of hydrogen-bond acceptors (Lipinski definition) is 7. The number of anilines is 1. The first-order valence-electron chi connectivity index (χ1n) is 12.8. The molecule has 8 heteroatoms. The average molecular weight is 470 g/mol. The summed E-state index contributed by atoms with van der Waals surface area (Å²) in [5, 5.41) is 10.0. The first-order chi connectivity index (χ1) is 16.6. The Bertz CT molecular complexity index is 917. The number of piperazine rings is 2. The highest BCUT2D eigenvalue weighted by atomic mass is 16.3. The predicted molar refractivity (Wildman–Crippen MR) is 133 cm³/mol. The molecule has 2 aliphatic rings. The van der Waals surface area contributed by atoms with Crippen molar-refractivity contribution >= 4 is 11.6 Å². The quantitative estimate of drug-likeness (QED) is 0.605. The van der Waals surface area contributed by atoms with Crippen LogP contribution in [-0.4, -0.2) is 95.7 Å². The third-order valence-corrected chi connectivity index (χ3v) is 6.97. The average Bonchev–Trinajstić information content (AvgIpc) is 3.33. The van der Waals surface area contributed by atoms with Crippen molar-refractivity contribution in [2.75, 3.05) is 63.8 Å². The van der Waals surface area contributed by atoms with Crippen molar-refractivity contribution in [2.24, 2.45) is 0 Å². The zero-order valence-electron chi connectivity index (χ0n) is 20.7. The number of aliphatic hydroxyl groups is 1. The molecule has 0 saturated carbocycles. The molecule has 1 atom stereocenters. The molecule has 0 spiro atoms. The number of hydrogen-bond donors (Lipinski definition) is 1. The van der Waals surface area contributed by atoms with E-state index in [0.29, 0.717) is 31.2 Å². The van der Waals surface area contributed by atoms with Crippen molar-refractivity contribution in [1.29, 1.82) is 0 Å². The number of carbonyl (C=O) groups excluding carboxylic acids is 1. The number of aliphatic hydroxyl groups excluding tert-OH is 1. The number of rotatable bonds is 9. The third-order valence-electron chi connectivity index (χ3n) is 6.97. The first-order valence-corrected chi connectivity index (χ1v) is 12.8. The fourth-order valence-corrected chi connectivity index (χ4v) is 4.96. The molecule has 0 radical (unpaired) electrons. The maximum atomic E-state index is 13.0. The third kappa shape index (κ3) is 6.17. The van der Waals surface area contributed by atoms with Crippen LogP contribution in [0.3, 0.4) is 0 Å². The topological polar surface area (TPSA) is 76.3 Å². The van der Waals surface area contributed by atoms with Gasteiger partial charge in [-0.2, -0.15) is 0 Å². The Morgan fingerprint density at radius 3 is 2.44 bits per heavy atom. The number of nitrogens with zero attached hydrogens (tertiary/aromatic N) is 5. The van der Waals surface area contributed by atoms with Gasteiger partial charge in [-0.15, -0.1) is 0 Å². The Balaban J connectivity index is 1.24. The number of amides is 1. The fraction of sp³-hybridized carbons (Fsp3) is 0.615. The van der Waals surface area contributed by atoms with E-state index in [1.807, 2.05) is 4.90 Å². The van der Waals surface area contributed by atoms with Crippen LogP contribution < -0.4 is 4.90 Å². The molecule has 2 fully saturated rings. The first kappa shape index (κ1) is 24.7. The second-order valence-corrected chi connectivity index (χ2v) is 9.41. The molecule has 8 nitrogen and oxygen atoms in total. The zero-order valence-corrected chi connectivity index (χ0v) is 20.7. The molecule has 2 saturated heterocycles. The van der Waals surface area contributed by atoms with E-state index in [4.69, 9.17) is 4.42 Å². The van der Waals surface area contributed by atoms with E-state index in [2.05, 4.69) is 57.8 Å². The summed E-state index contributed by atoms with van der Waals surface area (Å²) in [6.07, 6.45) is 4.14. The summed E-state index contributed by atoms with van der Waals surface area (Å²) >= 11 is 0. The summed E-state index contributed by atoms with van der Waals surface area (Å²) in [7, 11) is 0. The summed E-state index contributed by atoms with van der Waals surface area (Å²) in [6, 6.07) is 8.52. The molecule has 0 aliphatic carbocycles. The van der Waals surface area contributed by atoms with Gasteiger partial charge in [0.05, 0.1) is 12.6 Å². The molecule has 1 aromatic heterocycles. The van der Waals surface area contributed by atoms with Gasteiger partial charge in [0.1, 0.15) is 6.26 Å². The van der Waals surface area contributed by atoms with E-state index in [1.54, 1.807) is 0 Å². The monoisotopic (exact) mass is 469 g/mol. The molecule has 1 N–H and O–H groups in total. The molecular formula is C26H39N5O3. The molecule has 4 rings (SSSR count). The minimum absolute atomic E-state index is 0.0480. The molecule has 2 aromatic rings. The van der Waals surface area contributed by atoms with Crippen LogP contribution in [0, 0.1) is 0 Å². The van der Waals surface area contributed by atoms with Gasteiger partial charge >= 0.3 is 0 Å². The Kier molecular flexibility index (Phi) is 8.59. The maximum absolute atomic E-state index is 13.0. The van der Waals surface area contributed by atoms with Crippen LogP contribution in [0.15, 0.2) is 34.9 Å². The number of β-amino-alcohol motifs (C(OH)–C–C–N with tert-alkyl or cyclic N) is 1. The van der Waals surface area contributed by atoms with Crippen molar-refractivity contribution in [3.05, 3.63) is 47.7 Å². The van der Waals surface area contributed by atoms with Gasteiger partial charge in [-0.1, -0.05) is 38.5 Å². The van der Waals surface area contributed by atoms with Crippen LogP contribution in [0.5, 0.6) is 0 Å². The molecule has 1 aromatic carbocycles. The Hall–Kier alpha value is -2.42. The summed E-state index contributed by atoms with van der Waals surface area (Å²) in [4.78, 5) is 26.4. The molecule has 0 bridgehead atoms. The molecule has 2 aliphatic heterocycles. The predicted octanol–water partition coefficient (Wildman–Crippen LogP) is 2.48. The molecule has 34 heavy (non-hydrogen) atoms. The summed E-state index contributed by atoms with van der Waals surface area (Å²) in [5.41, 5.74) is 3.03. The summed E-state index contributed by atoms with van der Waals surface area (Å²) in [6.45, 7) is 12.3. The second kappa shape index (κ2) is 11.8. The number of benzene rings is 1. The number of oxazole rings is 1. The number of carbonyl (C=O) groups is 1. The summed E-state index contributed by atoms with van der Waals surface area (Å²) < 4.78 is 5.66. The van der Waals surface area contributed by atoms with E-state index in [0.717, 1.165) is 65.1 Å². The summed E-state index contributed by atoms with van der Waals surface area (Å²) in [5.74, 6) is 0.548. The van der Waals surface area contributed by atoms with E-state index in [9.17, 15) is 9.90 Å². The van der Waals surface area contributed by atoms with E-state index in [1.165, 1.54) is 17.5 Å². The van der Waals surface area contributed by atoms with Crippen molar-refractivity contribution < 1.29 is 14.3 Å². The SMILES string of the molecule is CCCC(O)CN1CCN(Cc2nc(C(=O)N3CCN(c4ccccc4CC)CC3)co2)CC1. The van der Waals surface area contributed by atoms with Gasteiger partial charge in [0.15, 0.2) is 5.69 Å². The van der Waals surface area contributed by atoms with Crippen molar-refractivity contribution in [2.45, 2.75) is 45.8 Å². The lowest BCUT2D eigenvalue weighted by molar-refractivity contribution is 0.0634. The Labute approximate surface area is 203 Å². The molecule has 1 unspecified atom stereocenters. The van der Waals surface area contributed by atoms with Crippen molar-refractivity contribution in [3.8, 4) is 0 Å². The van der Waals surface area contributed by atoms with Crippen LogP contribution in [0.4, 0.5) is 5.69 Å². The van der Waals surface area contributed by atoms with Gasteiger partial charge < -0.3 is 19.3 Å². The fourth-order valence-electron chi connectivity index (χ4n) is 4.96. The van der Waals surface area contributed by atoms with Gasteiger partial charge in [-0.25, -0.2) is 4.98 Å². The van der Waals surface area contributed by atoms with Crippen molar-refractivity contribution in [1.82, 2.24) is 19.7 Å². The van der Waals surface area contributed by atoms with Crippen molar-refractivity contribution in [3.63, 3.8) is 0 Å². The lowest BCUT2D eigenvalue weighted by Crippen LogP contribution is -2.49. The van der Waals surface area contributed by atoms with Gasteiger partial charge in [0, 0.05) is 64.6 Å². The number of aromatic nitrogens is 1. The molecule has 3 heterocycles. The second-order valence-electron chi connectivity index (χ2n) is 9.41. The normalized spacial score (nSPS) is 18.9.